The average Bonchev–Trinajstić information content (AvgIpc) is 2.68. The van der Waals surface area contributed by atoms with Crippen LogP contribution in [0.15, 0.2) is 30.5 Å². The smallest absolute Gasteiger partial charge is 0.224 e. The highest BCUT2D eigenvalue weighted by Gasteiger charge is 2.07. The molecular formula is C14H17N3O2. The van der Waals surface area contributed by atoms with Crippen molar-refractivity contribution in [2.24, 2.45) is 7.05 Å². The fraction of sp³-hybridized carbons (Fsp3) is 0.286. The van der Waals surface area contributed by atoms with Crippen molar-refractivity contribution in [2.45, 2.75) is 19.9 Å². The van der Waals surface area contributed by atoms with Crippen LogP contribution in [0.25, 0.3) is 0 Å². The first-order chi connectivity index (χ1) is 9.06. The van der Waals surface area contributed by atoms with Crippen molar-refractivity contribution in [3.8, 4) is 5.75 Å². The van der Waals surface area contributed by atoms with Gasteiger partial charge in [0.2, 0.25) is 5.91 Å². The topological polar surface area (TPSA) is 67.2 Å². The van der Waals surface area contributed by atoms with Crippen molar-refractivity contribution in [2.75, 3.05) is 0 Å². The highest BCUT2D eigenvalue weighted by molar-refractivity contribution is 5.78. The van der Waals surface area contributed by atoms with Gasteiger partial charge in [0, 0.05) is 24.8 Å². The van der Waals surface area contributed by atoms with Crippen LogP contribution in [0.2, 0.25) is 0 Å². The van der Waals surface area contributed by atoms with Crippen LogP contribution in [-0.2, 0) is 24.8 Å². The zero-order valence-corrected chi connectivity index (χ0v) is 11.1. The van der Waals surface area contributed by atoms with E-state index in [4.69, 9.17) is 0 Å². The van der Waals surface area contributed by atoms with Gasteiger partial charge in [0.05, 0.1) is 12.6 Å². The number of benzene rings is 1. The van der Waals surface area contributed by atoms with Gasteiger partial charge in [0.15, 0.2) is 0 Å². The molecule has 1 heterocycles. The van der Waals surface area contributed by atoms with Crippen molar-refractivity contribution in [1.82, 2.24) is 15.1 Å². The summed E-state index contributed by atoms with van der Waals surface area (Å²) in [6.45, 7) is 2.43. The van der Waals surface area contributed by atoms with Gasteiger partial charge in [-0.3, -0.25) is 9.48 Å². The zero-order valence-electron chi connectivity index (χ0n) is 11.1. The SMILES string of the molecule is Cc1c(CNC(=O)Cc2cccc(O)c2)cnn1C. The third kappa shape index (κ3) is 3.34. The van der Waals surface area contributed by atoms with Gasteiger partial charge in [0.1, 0.15) is 5.75 Å². The second-order valence-corrected chi connectivity index (χ2v) is 4.50. The molecule has 2 rings (SSSR count). The summed E-state index contributed by atoms with van der Waals surface area (Å²) in [4.78, 5) is 11.8. The van der Waals surface area contributed by atoms with E-state index in [0.29, 0.717) is 6.54 Å². The van der Waals surface area contributed by atoms with Crippen LogP contribution < -0.4 is 5.32 Å². The Morgan fingerprint density at radius 3 is 2.89 bits per heavy atom. The Kier molecular flexibility index (Phi) is 3.85. The number of carbonyl (C=O) groups is 1. The number of amides is 1. The number of aromatic nitrogens is 2. The lowest BCUT2D eigenvalue weighted by atomic mass is 10.1. The first-order valence-electron chi connectivity index (χ1n) is 6.08. The third-order valence-corrected chi connectivity index (χ3v) is 3.09. The van der Waals surface area contributed by atoms with Gasteiger partial charge in [-0.2, -0.15) is 5.10 Å². The first kappa shape index (κ1) is 13.1. The zero-order chi connectivity index (χ0) is 13.8. The standard InChI is InChI=1S/C14H17N3O2/c1-10-12(9-16-17(10)2)8-15-14(19)7-11-4-3-5-13(18)6-11/h3-6,9,18H,7-8H2,1-2H3,(H,15,19). The summed E-state index contributed by atoms with van der Waals surface area (Å²) in [5, 5.41) is 16.3. The molecule has 0 fully saturated rings. The lowest BCUT2D eigenvalue weighted by Crippen LogP contribution is -2.24. The van der Waals surface area contributed by atoms with Gasteiger partial charge in [-0.05, 0) is 24.6 Å². The van der Waals surface area contributed by atoms with E-state index in [1.807, 2.05) is 20.0 Å². The predicted molar refractivity (Wildman–Crippen MR) is 71.6 cm³/mol. The Balaban J connectivity index is 1.90. The molecule has 0 unspecified atom stereocenters. The second-order valence-electron chi connectivity index (χ2n) is 4.50. The average molecular weight is 259 g/mol. The summed E-state index contributed by atoms with van der Waals surface area (Å²) in [7, 11) is 1.87. The lowest BCUT2D eigenvalue weighted by Gasteiger charge is -2.05. The quantitative estimate of drug-likeness (QED) is 0.869. The van der Waals surface area contributed by atoms with Gasteiger partial charge >= 0.3 is 0 Å². The summed E-state index contributed by atoms with van der Waals surface area (Å²) in [6, 6.07) is 6.72. The molecule has 2 aromatic rings. The van der Waals surface area contributed by atoms with E-state index >= 15 is 0 Å². The number of phenolic OH excluding ortho intramolecular Hbond substituents is 1. The number of rotatable bonds is 4. The van der Waals surface area contributed by atoms with E-state index in [9.17, 15) is 9.90 Å². The highest BCUT2D eigenvalue weighted by Crippen LogP contribution is 2.11. The van der Waals surface area contributed by atoms with Crippen molar-refractivity contribution in [1.29, 1.82) is 0 Å². The molecule has 0 bridgehead atoms. The molecule has 1 aromatic carbocycles. The van der Waals surface area contributed by atoms with E-state index in [0.717, 1.165) is 16.8 Å². The number of aryl methyl sites for hydroxylation is 1. The molecule has 0 aliphatic heterocycles. The van der Waals surface area contributed by atoms with Crippen LogP contribution in [0, 0.1) is 6.92 Å². The normalized spacial score (nSPS) is 10.4. The number of carbonyl (C=O) groups excluding carboxylic acids is 1. The number of aromatic hydroxyl groups is 1. The van der Waals surface area contributed by atoms with Gasteiger partial charge in [0.25, 0.3) is 0 Å². The summed E-state index contributed by atoms with van der Waals surface area (Å²) in [6.07, 6.45) is 2.01. The molecule has 0 atom stereocenters. The summed E-state index contributed by atoms with van der Waals surface area (Å²) in [5.74, 6) is 0.0993. The lowest BCUT2D eigenvalue weighted by molar-refractivity contribution is -0.120. The fourth-order valence-corrected chi connectivity index (χ4v) is 1.83. The van der Waals surface area contributed by atoms with Crippen molar-refractivity contribution < 1.29 is 9.90 Å². The maximum atomic E-state index is 11.8. The molecular weight excluding hydrogens is 242 g/mol. The van der Waals surface area contributed by atoms with Crippen molar-refractivity contribution in [3.05, 3.63) is 47.3 Å². The van der Waals surface area contributed by atoms with Crippen LogP contribution in [-0.4, -0.2) is 20.8 Å². The molecule has 1 aromatic heterocycles. The van der Waals surface area contributed by atoms with Gasteiger partial charge in [-0.1, -0.05) is 12.1 Å². The molecule has 19 heavy (non-hydrogen) atoms. The maximum Gasteiger partial charge on any atom is 0.224 e. The van der Waals surface area contributed by atoms with E-state index in [2.05, 4.69) is 10.4 Å². The Labute approximate surface area is 111 Å². The van der Waals surface area contributed by atoms with Crippen LogP contribution in [0.1, 0.15) is 16.8 Å². The van der Waals surface area contributed by atoms with Gasteiger partial charge in [-0.15, -0.1) is 0 Å². The molecule has 0 radical (unpaired) electrons. The van der Waals surface area contributed by atoms with E-state index in [1.165, 1.54) is 0 Å². The molecule has 5 heteroatoms. The van der Waals surface area contributed by atoms with Gasteiger partial charge in [-0.25, -0.2) is 0 Å². The molecule has 2 N–H and O–H groups in total. The Morgan fingerprint density at radius 1 is 1.47 bits per heavy atom. The molecule has 0 spiro atoms. The van der Waals surface area contributed by atoms with Crippen LogP contribution in [0.5, 0.6) is 5.75 Å². The van der Waals surface area contributed by atoms with E-state index in [-0.39, 0.29) is 18.1 Å². The van der Waals surface area contributed by atoms with E-state index in [1.54, 1.807) is 29.1 Å². The summed E-state index contributed by atoms with van der Waals surface area (Å²) >= 11 is 0. The number of nitrogens with one attached hydrogen (secondary N) is 1. The van der Waals surface area contributed by atoms with Gasteiger partial charge < -0.3 is 10.4 Å². The maximum absolute atomic E-state index is 11.8. The number of hydrogen-bond donors (Lipinski definition) is 2. The Bertz CT molecular complexity index is 590. The molecule has 0 saturated heterocycles. The third-order valence-electron chi connectivity index (χ3n) is 3.09. The number of nitrogens with zero attached hydrogens (tertiary/aromatic N) is 2. The largest absolute Gasteiger partial charge is 0.508 e. The van der Waals surface area contributed by atoms with Crippen LogP contribution in [0.4, 0.5) is 0 Å². The fourth-order valence-electron chi connectivity index (χ4n) is 1.83. The predicted octanol–water partition coefficient (Wildman–Crippen LogP) is 1.29. The number of hydrogen-bond acceptors (Lipinski definition) is 3. The monoisotopic (exact) mass is 259 g/mol. The van der Waals surface area contributed by atoms with Crippen molar-refractivity contribution >= 4 is 5.91 Å². The first-order valence-corrected chi connectivity index (χ1v) is 6.08. The number of phenols is 1. The highest BCUT2D eigenvalue weighted by atomic mass is 16.3. The molecule has 100 valence electrons. The molecule has 1 amide bonds. The summed E-state index contributed by atoms with van der Waals surface area (Å²) in [5.41, 5.74) is 2.84. The van der Waals surface area contributed by atoms with Crippen molar-refractivity contribution in [3.63, 3.8) is 0 Å². The van der Waals surface area contributed by atoms with Crippen LogP contribution >= 0.6 is 0 Å². The minimum absolute atomic E-state index is 0.0751. The second kappa shape index (κ2) is 5.56. The molecule has 0 saturated carbocycles. The van der Waals surface area contributed by atoms with Crippen LogP contribution in [0.3, 0.4) is 0 Å². The molecule has 5 nitrogen and oxygen atoms in total. The van der Waals surface area contributed by atoms with E-state index < -0.39 is 0 Å². The summed E-state index contributed by atoms with van der Waals surface area (Å²) < 4.78 is 1.77. The molecule has 0 aliphatic rings. The molecule has 0 aliphatic carbocycles. The Morgan fingerprint density at radius 2 is 2.26 bits per heavy atom. The minimum atomic E-state index is -0.0751. The minimum Gasteiger partial charge on any atom is -0.508 e. The Hall–Kier alpha value is -2.30.